The van der Waals surface area contributed by atoms with Gasteiger partial charge in [-0.25, -0.2) is 4.39 Å². The third-order valence-corrected chi connectivity index (χ3v) is 2.74. The molecule has 12 heavy (non-hydrogen) atoms. The van der Waals surface area contributed by atoms with Crippen molar-refractivity contribution in [3.8, 4) is 0 Å². The molecule has 1 aliphatic rings. The maximum Gasteiger partial charge on any atom is 0.129 e. The Morgan fingerprint density at radius 1 is 1.50 bits per heavy atom. The van der Waals surface area contributed by atoms with Crippen molar-refractivity contribution in [1.82, 2.24) is 0 Å². The number of nitrogens with one attached hydrogen (secondary N) is 1. The van der Waals surface area contributed by atoms with Gasteiger partial charge in [0.05, 0.1) is 5.69 Å². The van der Waals surface area contributed by atoms with E-state index in [0.717, 1.165) is 22.3 Å². The maximum absolute atomic E-state index is 13.3. The van der Waals surface area contributed by atoms with Crippen LogP contribution < -0.4 is 5.32 Å². The molecule has 0 aromatic heterocycles. The van der Waals surface area contributed by atoms with Crippen molar-refractivity contribution in [1.29, 1.82) is 0 Å². The number of hydrogen-bond acceptors (Lipinski definition) is 1. The van der Waals surface area contributed by atoms with Crippen molar-refractivity contribution in [2.75, 3.05) is 11.9 Å². The lowest BCUT2D eigenvalue weighted by Crippen LogP contribution is -2.14. The van der Waals surface area contributed by atoms with Crippen LogP contribution in [0.25, 0.3) is 0 Å². The first kappa shape index (κ1) is 8.05. The molecule has 64 valence electrons. The molecule has 0 aliphatic carbocycles. The van der Waals surface area contributed by atoms with Crippen molar-refractivity contribution in [3.63, 3.8) is 0 Å². The number of fused-ring (bicyclic) bond motifs is 1. The predicted molar refractivity (Wildman–Crippen MR) is 51.1 cm³/mol. The molecule has 1 unspecified atom stereocenters. The lowest BCUT2D eigenvalue weighted by molar-refractivity contribution is 0.324. The molecule has 1 aromatic rings. The number of halogens is 2. The fourth-order valence-corrected chi connectivity index (χ4v) is 1.99. The minimum absolute atomic E-state index is 0.573. The minimum Gasteiger partial charge on any atom is -0.384 e. The van der Waals surface area contributed by atoms with Gasteiger partial charge in [-0.15, -0.1) is 0 Å². The first-order valence-electron chi connectivity index (χ1n) is 3.95. The summed E-state index contributed by atoms with van der Waals surface area (Å²) in [6, 6.07) is 5.61. The zero-order chi connectivity index (χ0) is 8.55. The molecule has 1 atom stereocenters. The van der Waals surface area contributed by atoms with E-state index in [0.29, 0.717) is 6.42 Å². The molecular weight excluding hydrogens is 221 g/mol. The van der Waals surface area contributed by atoms with Gasteiger partial charge in [-0.1, -0.05) is 12.1 Å². The molecule has 0 saturated heterocycles. The molecule has 1 aromatic carbocycles. The van der Waals surface area contributed by atoms with Gasteiger partial charge in [0.1, 0.15) is 6.17 Å². The van der Waals surface area contributed by atoms with Gasteiger partial charge in [-0.05, 0) is 22.0 Å². The van der Waals surface area contributed by atoms with Crippen molar-refractivity contribution in [2.24, 2.45) is 0 Å². The Labute approximate surface area is 79.1 Å². The Kier molecular flexibility index (Phi) is 2.05. The van der Waals surface area contributed by atoms with E-state index in [-0.39, 0.29) is 0 Å². The van der Waals surface area contributed by atoms with Crippen LogP contribution in [0.2, 0.25) is 0 Å². The molecule has 1 heterocycles. The van der Waals surface area contributed by atoms with Gasteiger partial charge >= 0.3 is 0 Å². The van der Waals surface area contributed by atoms with Crippen LogP contribution in [0.15, 0.2) is 22.7 Å². The summed E-state index contributed by atoms with van der Waals surface area (Å²) in [5.41, 5.74) is 1.69. The minimum atomic E-state index is -0.807. The van der Waals surface area contributed by atoms with Gasteiger partial charge in [0.15, 0.2) is 0 Å². The van der Waals surface area contributed by atoms with Crippen molar-refractivity contribution < 1.29 is 4.39 Å². The molecule has 1 nitrogen and oxygen atoms in total. The van der Waals surface area contributed by atoms with Crippen LogP contribution in [0, 0.1) is 0 Å². The number of hydrogen-bond donors (Lipinski definition) is 1. The molecule has 1 N–H and O–H groups in total. The molecule has 0 amide bonds. The molecule has 3 heteroatoms. The van der Waals surface area contributed by atoms with E-state index >= 15 is 0 Å². The lowest BCUT2D eigenvalue weighted by atomic mass is 10.0. The molecule has 2 rings (SSSR count). The molecular formula is C9H9BrFN. The smallest absolute Gasteiger partial charge is 0.129 e. The summed E-state index contributed by atoms with van der Waals surface area (Å²) in [4.78, 5) is 0. The van der Waals surface area contributed by atoms with Gasteiger partial charge in [0.2, 0.25) is 0 Å². The van der Waals surface area contributed by atoms with Crippen LogP contribution in [0.4, 0.5) is 10.1 Å². The summed E-state index contributed by atoms with van der Waals surface area (Å²) in [6.07, 6.45) is -0.234. The summed E-state index contributed by atoms with van der Waals surface area (Å²) >= 11 is 3.38. The van der Waals surface area contributed by atoms with Crippen LogP contribution in [-0.2, 0) is 0 Å². The topological polar surface area (TPSA) is 12.0 Å². The van der Waals surface area contributed by atoms with Crippen molar-refractivity contribution in [2.45, 2.75) is 12.6 Å². The second kappa shape index (κ2) is 3.05. The number of para-hydroxylation sites is 1. The van der Waals surface area contributed by atoms with Gasteiger partial charge in [-0.2, -0.15) is 0 Å². The van der Waals surface area contributed by atoms with Crippen LogP contribution >= 0.6 is 15.9 Å². The zero-order valence-electron chi connectivity index (χ0n) is 6.48. The largest absolute Gasteiger partial charge is 0.384 e. The van der Waals surface area contributed by atoms with Crippen molar-refractivity contribution in [3.05, 3.63) is 28.2 Å². The highest BCUT2D eigenvalue weighted by molar-refractivity contribution is 9.10. The highest BCUT2D eigenvalue weighted by atomic mass is 79.9. The Balaban J connectivity index is 2.52. The maximum atomic E-state index is 13.3. The first-order chi connectivity index (χ1) is 5.79. The van der Waals surface area contributed by atoms with Crippen LogP contribution in [-0.4, -0.2) is 6.54 Å². The van der Waals surface area contributed by atoms with E-state index in [1.807, 2.05) is 18.2 Å². The van der Waals surface area contributed by atoms with E-state index in [1.54, 1.807) is 0 Å². The number of benzene rings is 1. The average Bonchev–Trinajstić information content (AvgIpc) is 2.07. The fourth-order valence-electron chi connectivity index (χ4n) is 1.47. The number of rotatable bonds is 0. The second-order valence-corrected chi connectivity index (χ2v) is 3.74. The van der Waals surface area contributed by atoms with Crippen molar-refractivity contribution >= 4 is 21.6 Å². The Morgan fingerprint density at radius 3 is 3.08 bits per heavy atom. The summed E-state index contributed by atoms with van der Waals surface area (Å²) in [7, 11) is 0. The Morgan fingerprint density at radius 2 is 2.33 bits per heavy atom. The predicted octanol–water partition coefficient (Wildman–Crippen LogP) is 3.28. The van der Waals surface area contributed by atoms with Gasteiger partial charge in [0.25, 0.3) is 0 Å². The van der Waals surface area contributed by atoms with Crippen LogP contribution in [0.5, 0.6) is 0 Å². The Bertz CT molecular complexity index is 301. The lowest BCUT2D eigenvalue weighted by Gasteiger charge is -2.22. The van der Waals surface area contributed by atoms with E-state index in [4.69, 9.17) is 0 Å². The summed E-state index contributed by atoms with van der Waals surface area (Å²) in [6.45, 7) is 0.719. The SMILES string of the molecule is FC1CCNc2c(Br)cccc21. The summed E-state index contributed by atoms with van der Waals surface area (Å²) in [5, 5.41) is 3.17. The molecule has 0 radical (unpaired) electrons. The third kappa shape index (κ3) is 1.22. The molecule has 0 spiro atoms. The highest BCUT2D eigenvalue weighted by Gasteiger charge is 2.19. The van der Waals surface area contributed by atoms with Gasteiger partial charge < -0.3 is 5.32 Å². The third-order valence-electron chi connectivity index (χ3n) is 2.08. The van der Waals surface area contributed by atoms with Gasteiger partial charge in [-0.3, -0.25) is 0 Å². The van der Waals surface area contributed by atoms with Gasteiger partial charge in [0, 0.05) is 23.0 Å². The van der Waals surface area contributed by atoms with E-state index in [1.165, 1.54) is 0 Å². The molecule has 0 bridgehead atoms. The molecule has 1 aliphatic heterocycles. The highest BCUT2D eigenvalue weighted by Crippen LogP contribution is 2.36. The summed E-state index contributed by atoms with van der Waals surface area (Å²) in [5.74, 6) is 0. The quantitative estimate of drug-likeness (QED) is 0.721. The first-order valence-corrected chi connectivity index (χ1v) is 4.74. The summed E-state index contributed by atoms with van der Waals surface area (Å²) < 4.78 is 14.2. The Hall–Kier alpha value is -0.570. The number of anilines is 1. The van der Waals surface area contributed by atoms with Crippen LogP contribution in [0.1, 0.15) is 18.2 Å². The zero-order valence-corrected chi connectivity index (χ0v) is 8.07. The van der Waals surface area contributed by atoms with E-state index in [9.17, 15) is 4.39 Å². The monoisotopic (exact) mass is 229 g/mol. The number of alkyl halides is 1. The standard InChI is InChI=1S/C9H9BrFN/c10-7-3-1-2-6-8(11)4-5-12-9(6)7/h1-3,8,12H,4-5H2. The normalized spacial score (nSPS) is 21.3. The average molecular weight is 230 g/mol. The van der Waals surface area contributed by atoms with E-state index in [2.05, 4.69) is 21.2 Å². The van der Waals surface area contributed by atoms with E-state index < -0.39 is 6.17 Å². The molecule has 0 saturated carbocycles. The fraction of sp³-hybridized carbons (Fsp3) is 0.333. The second-order valence-electron chi connectivity index (χ2n) is 2.89. The van der Waals surface area contributed by atoms with Crippen LogP contribution in [0.3, 0.4) is 0 Å². The molecule has 0 fully saturated rings.